The number of benzene rings is 3. The van der Waals surface area contributed by atoms with E-state index in [1.54, 1.807) is 80.4 Å². The smallest absolute Gasteiger partial charge is 0.339 e. The fourth-order valence-electron chi connectivity index (χ4n) is 5.81. The predicted octanol–water partition coefficient (Wildman–Crippen LogP) is 4.03. The van der Waals surface area contributed by atoms with Crippen molar-refractivity contribution in [3.05, 3.63) is 103 Å². The molecule has 12 heteroatoms. The van der Waals surface area contributed by atoms with Gasteiger partial charge in [0.1, 0.15) is 10.6 Å². The van der Waals surface area contributed by atoms with Crippen LogP contribution in [-0.4, -0.2) is 74.9 Å². The quantitative estimate of drug-likeness (QED) is 0.240. The van der Waals surface area contributed by atoms with Crippen molar-refractivity contribution in [3.63, 3.8) is 0 Å². The highest BCUT2D eigenvalue weighted by atomic mass is 32.2. The van der Waals surface area contributed by atoms with Gasteiger partial charge >= 0.3 is 10.1 Å². The molecule has 0 amide bonds. The number of piperazine rings is 1. The fraction of sp³-hybridized carbons (Fsp3) is 0.250. The van der Waals surface area contributed by atoms with Crippen LogP contribution in [0, 0.1) is 0 Å². The number of nitrogens with one attached hydrogen (secondary N) is 1. The normalized spacial score (nSPS) is 17.2. The van der Waals surface area contributed by atoms with Crippen LogP contribution in [0.2, 0.25) is 0 Å². The van der Waals surface area contributed by atoms with E-state index in [2.05, 4.69) is 27.1 Å². The van der Waals surface area contributed by atoms with Gasteiger partial charge in [-0.15, -0.1) is 0 Å². The molecule has 2 unspecified atom stereocenters. The van der Waals surface area contributed by atoms with Crippen molar-refractivity contribution in [2.75, 3.05) is 26.7 Å². The molecule has 2 atom stereocenters. The van der Waals surface area contributed by atoms with E-state index in [0.717, 1.165) is 17.5 Å². The van der Waals surface area contributed by atoms with Crippen LogP contribution in [-0.2, 0) is 26.6 Å². The Morgan fingerprint density at radius 1 is 0.886 bits per heavy atom. The average molecular weight is 632 g/mol. The Morgan fingerprint density at radius 2 is 1.50 bits per heavy atom. The minimum absolute atomic E-state index is 0.00346. The predicted molar refractivity (Wildman–Crippen MR) is 169 cm³/mol. The summed E-state index contributed by atoms with van der Waals surface area (Å²) in [6, 6.07) is 20.6. The summed E-state index contributed by atoms with van der Waals surface area (Å²) in [6.07, 6.45) is 6.66. The van der Waals surface area contributed by atoms with Crippen LogP contribution in [0.15, 0.2) is 107 Å². The molecule has 0 aliphatic carbocycles. The summed E-state index contributed by atoms with van der Waals surface area (Å²) in [6.45, 7) is 3.97. The van der Waals surface area contributed by atoms with Crippen LogP contribution in [0.25, 0.3) is 21.5 Å². The molecule has 1 N–H and O–H groups in total. The van der Waals surface area contributed by atoms with Gasteiger partial charge in [0, 0.05) is 79.1 Å². The van der Waals surface area contributed by atoms with Crippen molar-refractivity contribution < 1.29 is 21.0 Å². The number of nitrogens with zero attached hydrogens (tertiary/aromatic N) is 4. The fourth-order valence-corrected chi connectivity index (χ4v) is 8.51. The molecule has 0 bridgehead atoms. The van der Waals surface area contributed by atoms with Crippen LogP contribution >= 0.6 is 0 Å². The summed E-state index contributed by atoms with van der Waals surface area (Å²) >= 11 is 0. The van der Waals surface area contributed by atoms with Crippen LogP contribution < -0.4 is 9.50 Å². The molecule has 10 nitrogen and oxygen atoms in total. The van der Waals surface area contributed by atoms with Gasteiger partial charge in [0.15, 0.2) is 0 Å². The van der Waals surface area contributed by atoms with E-state index < -0.39 is 26.3 Å². The summed E-state index contributed by atoms with van der Waals surface area (Å²) in [5.74, 6) is 0.212. The number of aromatic nitrogens is 2. The van der Waals surface area contributed by atoms with Crippen LogP contribution in [0.3, 0.4) is 0 Å². The van der Waals surface area contributed by atoms with E-state index in [1.807, 2.05) is 18.2 Å². The number of hydrogen-bond donors (Lipinski definition) is 1. The summed E-state index contributed by atoms with van der Waals surface area (Å²) in [5, 5.41) is 6.00. The molecule has 2 aromatic heterocycles. The Labute approximate surface area is 257 Å². The molecule has 1 aliphatic rings. The minimum Gasteiger partial charge on any atom is -0.379 e. The summed E-state index contributed by atoms with van der Waals surface area (Å²) in [7, 11) is -6.26. The number of fused-ring (bicyclic) bond motifs is 2. The Balaban J connectivity index is 1.17. The molecule has 3 aromatic carbocycles. The van der Waals surface area contributed by atoms with Crippen LogP contribution in [0.4, 0.5) is 0 Å². The third-order valence-electron chi connectivity index (χ3n) is 8.11. The lowest BCUT2D eigenvalue weighted by atomic mass is 10.0. The maximum absolute atomic E-state index is 13.9. The van der Waals surface area contributed by atoms with Crippen LogP contribution in [0.1, 0.15) is 12.5 Å². The van der Waals surface area contributed by atoms with Crippen molar-refractivity contribution in [1.29, 1.82) is 0 Å². The molecule has 1 saturated heterocycles. The van der Waals surface area contributed by atoms with Gasteiger partial charge < -0.3 is 9.50 Å². The topological polar surface area (TPSA) is 122 Å². The summed E-state index contributed by atoms with van der Waals surface area (Å²) < 4.78 is 61.0. The second-order valence-corrected chi connectivity index (χ2v) is 14.4. The van der Waals surface area contributed by atoms with Crippen molar-refractivity contribution in [1.82, 2.24) is 24.5 Å². The third kappa shape index (κ3) is 5.91. The zero-order valence-corrected chi connectivity index (χ0v) is 26.0. The molecule has 1 fully saturated rings. The van der Waals surface area contributed by atoms with Crippen molar-refractivity contribution in [3.8, 4) is 5.75 Å². The van der Waals surface area contributed by atoms with Gasteiger partial charge in [-0.2, -0.15) is 12.7 Å². The van der Waals surface area contributed by atoms with Gasteiger partial charge in [0.05, 0.1) is 11.1 Å². The lowest BCUT2D eigenvalue weighted by Crippen LogP contribution is -2.61. The second-order valence-electron chi connectivity index (χ2n) is 10.9. The molecule has 3 heterocycles. The van der Waals surface area contributed by atoms with E-state index in [4.69, 9.17) is 4.18 Å². The highest BCUT2D eigenvalue weighted by Crippen LogP contribution is 2.29. The monoisotopic (exact) mass is 631 g/mol. The molecular formula is C32H33N5O5S2. The van der Waals surface area contributed by atoms with Crippen molar-refractivity contribution >= 4 is 41.7 Å². The first-order valence-electron chi connectivity index (χ1n) is 14.3. The molecular weight excluding hydrogens is 599 g/mol. The number of likely N-dealkylation sites (N-methyl/N-ethyl adjacent to an activating group) is 1. The highest BCUT2D eigenvalue weighted by molar-refractivity contribution is 7.89. The van der Waals surface area contributed by atoms with E-state index >= 15 is 0 Å². The number of hydrogen-bond acceptors (Lipinski definition) is 9. The summed E-state index contributed by atoms with van der Waals surface area (Å²) in [4.78, 5) is 10.7. The van der Waals surface area contributed by atoms with E-state index in [0.29, 0.717) is 35.7 Å². The second kappa shape index (κ2) is 12.2. The Kier molecular flexibility index (Phi) is 8.36. The molecule has 0 saturated carbocycles. The Hall–Kier alpha value is -3.94. The van der Waals surface area contributed by atoms with Gasteiger partial charge in [-0.05, 0) is 55.3 Å². The summed E-state index contributed by atoms with van der Waals surface area (Å²) in [5.41, 5.74) is 0.975. The van der Waals surface area contributed by atoms with Gasteiger partial charge in [-0.1, -0.05) is 36.4 Å². The van der Waals surface area contributed by atoms with Crippen molar-refractivity contribution in [2.45, 2.75) is 35.3 Å². The van der Waals surface area contributed by atoms with E-state index in [1.165, 1.54) is 10.4 Å². The lowest BCUT2D eigenvalue weighted by Gasteiger charge is -2.44. The van der Waals surface area contributed by atoms with E-state index in [9.17, 15) is 16.8 Å². The van der Waals surface area contributed by atoms with Gasteiger partial charge in [-0.25, -0.2) is 8.42 Å². The van der Waals surface area contributed by atoms with Gasteiger partial charge in [0.2, 0.25) is 10.0 Å². The SMILES string of the molecule is CC(Cc1ccc(OS(=O)(=O)c2cccc3cnccc23)cc1)N1CCNCC1N(C)S(=O)(=O)c1cccc2cnccc12. The molecule has 6 rings (SSSR count). The molecule has 44 heavy (non-hydrogen) atoms. The van der Waals surface area contributed by atoms with E-state index in [-0.39, 0.29) is 21.6 Å². The first-order chi connectivity index (χ1) is 21.1. The first kappa shape index (κ1) is 30.1. The molecule has 0 radical (unpaired) electrons. The molecule has 1 aliphatic heterocycles. The number of pyridine rings is 2. The third-order valence-corrected chi connectivity index (χ3v) is 11.3. The number of sulfonamides is 1. The number of rotatable bonds is 9. The van der Waals surface area contributed by atoms with Crippen LogP contribution in [0.5, 0.6) is 5.75 Å². The largest absolute Gasteiger partial charge is 0.379 e. The first-order valence-corrected chi connectivity index (χ1v) is 17.1. The zero-order chi connectivity index (χ0) is 30.9. The zero-order valence-electron chi connectivity index (χ0n) is 24.4. The standard InChI is InChI=1S/C32H33N5O5S2/c1-23(19-24-9-11-27(12-10-24)42-44(40,41)31-8-4-6-26-21-34-16-14-29(26)31)37-18-17-35-22-32(37)36(2)43(38,39)30-7-3-5-25-20-33-15-13-28(25)30/h3-16,20-21,23,32,35H,17-19,22H2,1-2H3. The minimum atomic E-state index is -4.07. The maximum Gasteiger partial charge on any atom is 0.339 e. The highest BCUT2D eigenvalue weighted by Gasteiger charge is 2.36. The molecule has 228 valence electrons. The lowest BCUT2D eigenvalue weighted by molar-refractivity contribution is 0.0534. The Bertz CT molecular complexity index is 2010. The molecule has 0 spiro atoms. The molecule has 5 aromatic rings. The van der Waals surface area contributed by atoms with Gasteiger partial charge in [-0.3, -0.25) is 14.9 Å². The average Bonchev–Trinajstić information content (AvgIpc) is 3.04. The Morgan fingerprint density at radius 3 is 2.16 bits per heavy atom. The van der Waals surface area contributed by atoms with Crippen molar-refractivity contribution in [2.24, 2.45) is 0 Å². The van der Waals surface area contributed by atoms with Gasteiger partial charge in [0.25, 0.3) is 0 Å². The maximum atomic E-state index is 13.9.